The second kappa shape index (κ2) is 9.11. The molecule has 0 fully saturated rings. The molecule has 0 atom stereocenters. The second-order valence-electron chi connectivity index (χ2n) is 7.01. The lowest BCUT2D eigenvalue weighted by Crippen LogP contribution is -2.39. The summed E-state index contributed by atoms with van der Waals surface area (Å²) in [7, 11) is 0. The predicted octanol–water partition coefficient (Wildman–Crippen LogP) is 2.49. The van der Waals surface area contributed by atoms with Crippen molar-refractivity contribution in [1.82, 2.24) is 20.5 Å². The molecule has 0 spiro atoms. The van der Waals surface area contributed by atoms with Crippen molar-refractivity contribution in [1.29, 1.82) is 0 Å². The van der Waals surface area contributed by atoms with E-state index in [4.69, 9.17) is 0 Å². The Labute approximate surface area is 167 Å². The number of hydrogen-bond donors (Lipinski definition) is 3. The van der Waals surface area contributed by atoms with Gasteiger partial charge >= 0.3 is 6.03 Å². The Balaban J connectivity index is 1.48. The number of hydrogen-bond acceptors (Lipinski definition) is 5. The Morgan fingerprint density at radius 2 is 2.04 bits per heavy atom. The fourth-order valence-corrected chi connectivity index (χ4v) is 3.94. The number of urea groups is 1. The largest absolute Gasteiger partial charge is 0.351 e. The number of rotatable bonds is 6. The van der Waals surface area contributed by atoms with Crippen LogP contribution in [0.5, 0.6) is 0 Å². The lowest BCUT2D eigenvalue weighted by molar-refractivity contribution is -0.122. The molecule has 3 rings (SSSR count). The molecule has 0 unspecified atom stereocenters. The quantitative estimate of drug-likeness (QED) is 0.689. The molecule has 2 heterocycles. The van der Waals surface area contributed by atoms with Gasteiger partial charge in [-0.05, 0) is 31.5 Å². The highest BCUT2D eigenvalue weighted by molar-refractivity contribution is 7.15. The number of aromatic nitrogens is 1. The summed E-state index contributed by atoms with van der Waals surface area (Å²) >= 11 is 1.44. The summed E-state index contributed by atoms with van der Waals surface area (Å²) < 4.78 is 12.9. The Bertz CT molecular complexity index is 837. The molecule has 28 heavy (non-hydrogen) atoms. The van der Waals surface area contributed by atoms with Gasteiger partial charge < -0.3 is 10.6 Å². The smallest absolute Gasteiger partial charge is 0.321 e. The molecule has 0 saturated heterocycles. The number of nitrogens with zero attached hydrogens (tertiary/aromatic N) is 2. The normalized spacial score (nSPS) is 13.9. The van der Waals surface area contributed by atoms with E-state index < -0.39 is 0 Å². The zero-order valence-corrected chi connectivity index (χ0v) is 16.7. The Kier molecular flexibility index (Phi) is 6.58. The summed E-state index contributed by atoms with van der Waals surface area (Å²) in [5.74, 6) is -0.369. The zero-order chi connectivity index (χ0) is 20.1. The highest BCUT2D eigenvalue weighted by Gasteiger charge is 2.22. The minimum Gasteiger partial charge on any atom is -0.351 e. The minimum absolute atomic E-state index is 0.0542. The summed E-state index contributed by atoms with van der Waals surface area (Å²) in [6, 6.07) is 5.86. The molecule has 2 aromatic rings. The highest BCUT2D eigenvalue weighted by atomic mass is 32.1. The summed E-state index contributed by atoms with van der Waals surface area (Å²) in [6.07, 6.45) is 0.741. The average molecular weight is 405 g/mol. The van der Waals surface area contributed by atoms with E-state index in [0.29, 0.717) is 18.2 Å². The minimum atomic E-state index is -0.292. The van der Waals surface area contributed by atoms with Gasteiger partial charge in [0.1, 0.15) is 5.82 Å². The van der Waals surface area contributed by atoms with Crippen LogP contribution in [0.4, 0.5) is 14.3 Å². The van der Waals surface area contributed by atoms with Crippen LogP contribution in [0.15, 0.2) is 24.3 Å². The molecule has 0 saturated carbocycles. The van der Waals surface area contributed by atoms with Crippen LogP contribution in [0.3, 0.4) is 0 Å². The third kappa shape index (κ3) is 5.74. The van der Waals surface area contributed by atoms with Crippen molar-refractivity contribution in [3.8, 4) is 0 Å². The maximum Gasteiger partial charge on any atom is 0.321 e. The third-order valence-corrected chi connectivity index (χ3v) is 5.22. The van der Waals surface area contributed by atoms with Crippen LogP contribution < -0.4 is 16.0 Å². The molecule has 1 aromatic heterocycles. The number of carbonyl (C=O) groups excluding carboxylic acids is 2. The molecule has 150 valence electrons. The van der Waals surface area contributed by atoms with Crippen LogP contribution in [0, 0.1) is 5.82 Å². The molecule has 3 amide bonds. The summed E-state index contributed by atoms with van der Waals surface area (Å²) in [5.41, 5.74) is 1.83. The van der Waals surface area contributed by atoms with Crippen LogP contribution in [-0.4, -0.2) is 41.0 Å². The van der Waals surface area contributed by atoms with Crippen molar-refractivity contribution in [2.75, 3.05) is 18.4 Å². The first-order valence-electron chi connectivity index (χ1n) is 9.18. The average Bonchev–Trinajstić information content (AvgIpc) is 3.01. The van der Waals surface area contributed by atoms with Gasteiger partial charge in [-0.25, -0.2) is 14.2 Å². The molecule has 1 aliphatic heterocycles. The SMILES string of the molecule is CC(C)NC(=O)Nc1nc2c(s1)CN(CC(=O)NCc1ccc(F)cc1)CC2. The summed E-state index contributed by atoms with van der Waals surface area (Å²) in [6.45, 7) is 5.81. The topological polar surface area (TPSA) is 86.4 Å². The molecular weight excluding hydrogens is 381 g/mol. The number of nitrogens with one attached hydrogen (secondary N) is 3. The van der Waals surface area contributed by atoms with E-state index in [1.54, 1.807) is 12.1 Å². The number of halogens is 1. The zero-order valence-electron chi connectivity index (χ0n) is 15.9. The molecule has 7 nitrogen and oxygen atoms in total. The predicted molar refractivity (Wildman–Crippen MR) is 107 cm³/mol. The van der Waals surface area contributed by atoms with Gasteiger partial charge in [0.2, 0.25) is 5.91 Å². The first kappa shape index (κ1) is 20.2. The Hall–Kier alpha value is -2.52. The van der Waals surface area contributed by atoms with Gasteiger partial charge in [-0.15, -0.1) is 11.3 Å². The van der Waals surface area contributed by atoms with E-state index in [1.807, 2.05) is 13.8 Å². The first-order chi connectivity index (χ1) is 13.4. The second-order valence-corrected chi connectivity index (χ2v) is 8.09. The van der Waals surface area contributed by atoms with E-state index in [0.717, 1.165) is 29.1 Å². The van der Waals surface area contributed by atoms with E-state index in [9.17, 15) is 14.0 Å². The number of anilines is 1. The van der Waals surface area contributed by atoms with Crippen LogP contribution >= 0.6 is 11.3 Å². The highest BCUT2D eigenvalue weighted by Crippen LogP contribution is 2.28. The Morgan fingerprint density at radius 3 is 2.75 bits per heavy atom. The van der Waals surface area contributed by atoms with Gasteiger partial charge in [-0.2, -0.15) is 0 Å². The molecule has 9 heteroatoms. The van der Waals surface area contributed by atoms with Gasteiger partial charge in [-0.3, -0.25) is 15.0 Å². The summed E-state index contributed by atoms with van der Waals surface area (Å²) in [4.78, 5) is 31.6. The van der Waals surface area contributed by atoms with E-state index in [2.05, 4.69) is 25.8 Å². The van der Waals surface area contributed by atoms with Gasteiger partial charge in [0.25, 0.3) is 0 Å². The lowest BCUT2D eigenvalue weighted by atomic mass is 10.2. The van der Waals surface area contributed by atoms with Crippen molar-refractivity contribution < 1.29 is 14.0 Å². The maximum atomic E-state index is 12.9. The maximum absolute atomic E-state index is 12.9. The van der Waals surface area contributed by atoms with Crippen molar-refractivity contribution in [3.63, 3.8) is 0 Å². The summed E-state index contributed by atoms with van der Waals surface area (Å²) in [5, 5.41) is 8.96. The van der Waals surface area contributed by atoms with Crippen LogP contribution in [0.1, 0.15) is 30.0 Å². The van der Waals surface area contributed by atoms with Gasteiger partial charge in [-0.1, -0.05) is 12.1 Å². The fraction of sp³-hybridized carbons (Fsp3) is 0.421. The van der Waals surface area contributed by atoms with Crippen molar-refractivity contribution in [2.45, 2.75) is 39.4 Å². The monoisotopic (exact) mass is 405 g/mol. The van der Waals surface area contributed by atoms with Crippen LogP contribution in [0.2, 0.25) is 0 Å². The molecule has 1 aliphatic rings. The molecule has 1 aromatic carbocycles. The van der Waals surface area contributed by atoms with Gasteiger partial charge in [0.15, 0.2) is 5.13 Å². The molecular formula is C19H24FN5O2S. The van der Waals surface area contributed by atoms with Crippen LogP contribution in [-0.2, 0) is 24.3 Å². The number of carbonyl (C=O) groups is 2. The van der Waals surface area contributed by atoms with Gasteiger partial charge in [0.05, 0.1) is 12.2 Å². The Morgan fingerprint density at radius 1 is 1.29 bits per heavy atom. The molecule has 0 aliphatic carbocycles. The van der Waals surface area contributed by atoms with Crippen molar-refractivity contribution in [3.05, 3.63) is 46.2 Å². The lowest BCUT2D eigenvalue weighted by Gasteiger charge is -2.25. The molecule has 3 N–H and O–H groups in total. The van der Waals surface area contributed by atoms with E-state index >= 15 is 0 Å². The van der Waals surface area contributed by atoms with Crippen molar-refractivity contribution in [2.24, 2.45) is 0 Å². The number of fused-ring (bicyclic) bond motifs is 1. The molecule has 0 radical (unpaired) electrons. The standard InChI is InChI=1S/C19H24FN5O2S/c1-12(2)22-18(27)24-19-23-15-7-8-25(10-16(15)28-19)11-17(26)21-9-13-3-5-14(20)6-4-13/h3-6,12H,7-11H2,1-2H3,(H,21,26)(H2,22,23,24,27). The number of thiazole rings is 1. The van der Waals surface area contributed by atoms with Gasteiger partial charge in [0, 0.05) is 37.0 Å². The molecule has 0 bridgehead atoms. The number of amides is 3. The van der Waals surface area contributed by atoms with E-state index in [1.165, 1.54) is 23.5 Å². The van der Waals surface area contributed by atoms with E-state index in [-0.39, 0.29) is 30.3 Å². The fourth-order valence-electron chi connectivity index (χ4n) is 2.89. The first-order valence-corrected chi connectivity index (χ1v) is 10.0. The third-order valence-electron chi connectivity index (χ3n) is 4.22. The van der Waals surface area contributed by atoms with Crippen LogP contribution in [0.25, 0.3) is 0 Å². The number of benzene rings is 1. The van der Waals surface area contributed by atoms with Crippen molar-refractivity contribution >= 4 is 28.4 Å².